The van der Waals surface area contributed by atoms with Crippen molar-refractivity contribution >= 4 is 73.3 Å². The van der Waals surface area contributed by atoms with Gasteiger partial charge in [0, 0.05) is 30.0 Å². The average Bonchev–Trinajstić information content (AvgIpc) is 3.14. The van der Waals surface area contributed by atoms with Crippen molar-refractivity contribution in [3.05, 3.63) is 33.1 Å². The van der Waals surface area contributed by atoms with Crippen molar-refractivity contribution in [1.29, 1.82) is 0 Å². The van der Waals surface area contributed by atoms with E-state index in [0.29, 0.717) is 27.9 Å². The Kier molecular flexibility index (Phi) is 10.4. The number of carbonyl (C=O) groups excluding carboxylic acids is 2. The number of unbranched alkanes of at least 4 members (excludes halogenated alkanes) is 4. The van der Waals surface area contributed by atoms with E-state index in [4.69, 9.17) is 22.1 Å². The van der Waals surface area contributed by atoms with Gasteiger partial charge in [-0.3, -0.25) is 19.3 Å². The molecule has 0 unspecified atom stereocenters. The summed E-state index contributed by atoms with van der Waals surface area (Å²) in [6.07, 6.45) is 6.47. The lowest BCUT2D eigenvalue weighted by Crippen LogP contribution is -2.30. The monoisotopic (exact) mass is 540 g/mol. The Bertz CT molecular complexity index is 929. The van der Waals surface area contributed by atoms with E-state index >= 15 is 0 Å². The van der Waals surface area contributed by atoms with Gasteiger partial charge in [-0.2, -0.15) is 0 Å². The standard InChI is InChI=1S/C21H25BrN2O2S2.C2H4O2/c1-3-5-6-7-8-12-24-20(26)18(28-21(24)27)17-15-13-14(22)9-10-16(15)23(11-4-2)19(17)25;1-2(3)4/h9-10,13H,3-8,11-12H2,1-2H3;1H3,(H,3,4). The van der Waals surface area contributed by atoms with Gasteiger partial charge in [0.05, 0.1) is 16.2 Å². The van der Waals surface area contributed by atoms with E-state index in [1.165, 1.54) is 31.0 Å². The number of carbonyl (C=O) groups is 3. The number of nitrogens with zero attached hydrogens (tertiary/aromatic N) is 2. The van der Waals surface area contributed by atoms with Gasteiger partial charge in [0.1, 0.15) is 4.32 Å². The van der Waals surface area contributed by atoms with Crippen molar-refractivity contribution in [3.8, 4) is 0 Å². The third-order valence-electron chi connectivity index (χ3n) is 4.99. The summed E-state index contributed by atoms with van der Waals surface area (Å²) >= 11 is 10.2. The van der Waals surface area contributed by atoms with Crippen molar-refractivity contribution in [2.45, 2.75) is 59.3 Å². The number of anilines is 1. The molecule has 6 nitrogen and oxygen atoms in total. The summed E-state index contributed by atoms with van der Waals surface area (Å²) in [5.41, 5.74) is 2.18. The number of aliphatic carboxylic acids is 1. The van der Waals surface area contributed by atoms with Crippen LogP contribution in [0.15, 0.2) is 27.6 Å². The molecular weight excluding hydrogens is 512 g/mol. The maximum Gasteiger partial charge on any atom is 0.300 e. The molecular formula is C23H29BrN2O4S2. The second-order valence-corrected chi connectivity index (χ2v) is 10.1. The summed E-state index contributed by atoms with van der Waals surface area (Å²) in [6.45, 7) is 6.57. The predicted octanol–water partition coefficient (Wildman–Crippen LogP) is 5.84. The SMILES string of the molecule is CC(=O)O.CCCCCCCN1C(=O)C(=C2C(=O)N(CCC)c3ccc(Br)cc32)SC1=S. The van der Waals surface area contributed by atoms with Crippen molar-refractivity contribution in [2.75, 3.05) is 18.0 Å². The zero-order valence-corrected chi connectivity index (χ0v) is 21.9. The Balaban J connectivity index is 0.000000837. The van der Waals surface area contributed by atoms with E-state index in [9.17, 15) is 9.59 Å². The number of rotatable bonds is 8. The number of fused-ring (bicyclic) bond motifs is 1. The normalized spacial score (nSPS) is 17.6. The first-order valence-corrected chi connectivity index (χ1v) is 12.8. The van der Waals surface area contributed by atoms with Crippen molar-refractivity contribution in [1.82, 2.24) is 4.90 Å². The largest absolute Gasteiger partial charge is 0.481 e. The minimum Gasteiger partial charge on any atom is -0.481 e. The summed E-state index contributed by atoms with van der Waals surface area (Å²) in [6, 6.07) is 5.79. The van der Waals surface area contributed by atoms with Crippen molar-refractivity contribution in [2.24, 2.45) is 0 Å². The first-order chi connectivity index (χ1) is 15.2. The number of hydrogen-bond donors (Lipinski definition) is 1. The number of carboxylic acid groups (broad SMARTS) is 1. The van der Waals surface area contributed by atoms with Gasteiger partial charge in [0.2, 0.25) is 0 Å². The molecule has 0 radical (unpaired) electrons. The fourth-order valence-corrected chi connectivity index (χ4v) is 5.33. The Morgan fingerprint density at radius 1 is 1.03 bits per heavy atom. The lowest BCUT2D eigenvalue weighted by molar-refractivity contribution is -0.134. The topological polar surface area (TPSA) is 77.9 Å². The maximum atomic E-state index is 13.2. The third-order valence-corrected chi connectivity index (χ3v) is 6.93. The predicted molar refractivity (Wildman–Crippen MR) is 138 cm³/mol. The van der Waals surface area contributed by atoms with Gasteiger partial charge in [-0.25, -0.2) is 0 Å². The molecule has 1 N–H and O–H groups in total. The molecule has 2 amide bonds. The third kappa shape index (κ3) is 6.42. The summed E-state index contributed by atoms with van der Waals surface area (Å²) < 4.78 is 1.45. The number of carboxylic acids is 1. The molecule has 174 valence electrons. The van der Waals surface area contributed by atoms with Crippen LogP contribution in [0, 0.1) is 0 Å². The number of halogens is 1. The molecule has 1 aromatic rings. The number of hydrogen-bond acceptors (Lipinski definition) is 5. The first-order valence-electron chi connectivity index (χ1n) is 10.8. The quantitative estimate of drug-likeness (QED) is 0.253. The lowest BCUT2D eigenvalue weighted by atomic mass is 10.1. The van der Waals surface area contributed by atoms with E-state index in [1.807, 2.05) is 25.1 Å². The second-order valence-electron chi connectivity index (χ2n) is 7.58. The number of thiocarbonyl (C=S) groups is 1. The van der Waals surface area contributed by atoms with E-state index in [-0.39, 0.29) is 11.8 Å². The summed E-state index contributed by atoms with van der Waals surface area (Å²) in [5, 5.41) is 7.42. The molecule has 0 saturated carbocycles. The molecule has 1 saturated heterocycles. The molecule has 2 aliphatic rings. The molecule has 0 atom stereocenters. The van der Waals surface area contributed by atoms with E-state index < -0.39 is 5.97 Å². The molecule has 9 heteroatoms. The molecule has 1 aromatic carbocycles. The zero-order chi connectivity index (χ0) is 23.8. The molecule has 0 aliphatic carbocycles. The number of amides is 2. The van der Waals surface area contributed by atoms with E-state index in [0.717, 1.165) is 41.9 Å². The minimum absolute atomic E-state index is 0.0987. The summed E-state index contributed by atoms with van der Waals surface area (Å²) in [5.74, 6) is -1.06. The van der Waals surface area contributed by atoms with Crippen LogP contribution in [0.25, 0.3) is 5.57 Å². The van der Waals surface area contributed by atoms with Crippen LogP contribution in [0.2, 0.25) is 0 Å². The molecule has 2 aliphatic heterocycles. The van der Waals surface area contributed by atoms with Crippen LogP contribution < -0.4 is 4.90 Å². The Morgan fingerprint density at radius 2 is 1.69 bits per heavy atom. The van der Waals surface area contributed by atoms with Crippen LogP contribution in [0.1, 0.15) is 64.9 Å². The number of benzene rings is 1. The van der Waals surface area contributed by atoms with Crippen LogP contribution in [0.5, 0.6) is 0 Å². The molecule has 1 fully saturated rings. The van der Waals surface area contributed by atoms with E-state index in [2.05, 4.69) is 22.9 Å². The van der Waals surface area contributed by atoms with Crippen LogP contribution in [0.3, 0.4) is 0 Å². The van der Waals surface area contributed by atoms with Crippen LogP contribution in [-0.2, 0) is 14.4 Å². The fourth-order valence-electron chi connectivity index (χ4n) is 3.58. The van der Waals surface area contributed by atoms with Crippen molar-refractivity contribution < 1.29 is 19.5 Å². The molecule has 2 heterocycles. The van der Waals surface area contributed by atoms with Crippen LogP contribution in [0.4, 0.5) is 5.69 Å². The second kappa shape index (κ2) is 12.5. The van der Waals surface area contributed by atoms with Gasteiger partial charge in [-0.05, 0) is 31.0 Å². The molecule has 0 spiro atoms. The van der Waals surface area contributed by atoms with Gasteiger partial charge < -0.3 is 10.0 Å². The van der Waals surface area contributed by atoms with Gasteiger partial charge in [-0.1, -0.05) is 79.4 Å². The average molecular weight is 542 g/mol. The summed E-state index contributed by atoms with van der Waals surface area (Å²) in [7, 11) is 0. The zero-order valence-electron chi connectivity index (χ0n) is 18.6. The molecule has 32 heavy (non-hydrogen) atoms. The highest BCUT2D eigenvalue weighted by atomic mass is 79.9. The Hall–Kier alpha value is -1.71. The maximum absolute atomic E-state index is 13.2. The van der Waals surface area contributed by atoms with Crippen molar-refractivity contribution in [3.63, 3.8) is 0 Å². The molecule has 0 aromatic heterocycles. The highest BCUT2D eigenvalue weighted by Crippen LogP contribution is 2.45. The van der Waals surface area contributed by atoms with Crippen LogP contribution >= 0.6 is 39.9 Å². The van der Waals surface area contributed by atoms with E-state index in [1.54, 1.807) is 9.80 Å². The van der Waals surface area contributed by atoms with Gasteiger partial charge >= 0.3 is 0 Å². The van der Waals surface area contributed by atoms with Gasteiger partial charge in [0.25, 0.3) is 17.8 Å². The first kappa shape index (κ1) is 26.5. The van der Waals surface area contributed by atoms with Crippen LogP contribution in [-0.4, -0.2) is 45.2 Å². The summed E-state index contributed by atoms with van der Waals surface area (Å²) in [4.78, 5) is 39.2. The minimum atomic E-state index is -0.833. The van der Waals surface area contributed by atoms with Gasteiger partial charge in [0.15, 0.2) is 0 Å². The highest BCUT2D eigenvalue weighted by Gasteiger charge is 2.41. The fraction of sp³-hybridized carbons (Fsp3) is 0.478. The molecule has 0 bridgehead atoms. The molecule has 3 rings (SSSR count). The smallest absolute Gasteiger partial charge is 0.300 e. The Labute approximate surface area is 207 Å². The van der Waals surface area contributed by atoms with Gasteiger partial charge in [-0.15, -0.1) is 0 Å². The Morgan fingerprint density at radius 3 is 2.31 bits per heavy atom. The lowest BCUT2D eigenvalue weighted by Gasteiger charge is -2.15. The highest BCUT2D eigenvalue weighted by molar-refractivity contribution is 9.10. The number of thioether (sulfide) groups is 1.